The molecule has 1 N–H and O–H groups in total. The van der Waals surface area contributed by atoms with Crippen molar-refractivity contribution in [2.75, 3.05) is 0 Å². The first-order valence-electron chi connectivity index (χ1n) is 9.81. The third kappa shape index (κ3) is 4.64. The standard InChI is InChI=1S/C23H19BN2O4S/c1-14-18(25-20(30-14)17-5-3-2-4-6-17)11-12-19(27)16-9-7-15(8-10-16)13-23(24)21(28)26-22(29)31-23/h2-10H,11-13H2,1H3,(H,26,28,29)/t23-/m0/s1. The summed E-state index contributed by atoms with van der Waals surface area (Å²) in [5, 5.41) is 1.75. The molecule has 154 valence electrons. The van der Waals surface area contributed by atoms with E-state index in [1.807, 2.05) is 37.3 Å². The Morgan fingerprint density at radius 3 is 2.48 bits per heavy atom. The Balaban J connectivity index is 1.38. The van der Waals surface area contributed by atoms with Gasteiger partial charge in [0, 0.05) is 24.0 Å². The van der Waals surface area contributed by atoms with Crippen molar-refractivity contribution in [3.05, 3.63) is 77.2 Å². The van der Waals surface area contributed by atoms with Crippen molar-refractivity contribution < 1.29 is 18.8 Å². The van der Waals surface area contributed by atoms with E-state index in [-0.39, 0.29) is 12.2 Å². The Morgan fingerprint density at radius 2 is 1.84 bits per heavy atom. The Hall–Kier alpha value is -3.13. The van der Waals surface area contributed by atoms with Crippen LogP contribution in [0.2, 0.25) is 0 Å². The van der Waals surface area contributed by atoms with Gasteiger partial charge in [0.05, 0.1) is 10.3 Å². The zero-order valence-electron chi connectivity index (χ0n) is 16.9. The number of nitrogens with one attached hydrogen (secondary N) is 1. The Labute approximate surface area is 185 Å². The topological polar surface area (TPSA) is 89.3 Å². The number of aryl methyl sites for hydroxylation is 2. The van der Waals surface area contributed by atoms with Gasteiger partial charge in [0.15, 0.2) is 5.78 Å². The molecule has 0 saturated carbocycles. The number of rotatable bonds is 7. The lowest BCUT2D eigenvalue weighted by molar-refractivity contribution is -0.119. The molecule has 4 rings (SSSR count). The number of carbonyl (C=O) groups is 3. The first-order chi connectivity index (χ1) is 14.8. The summed E-state index contributed by atoms with van der Waals surface area (Å²) >= 11 is 0.784. The second kappa shape index (κ2) is 8.55. The highest BCUT2D eigenvalue weighted by molar-refractivity contribution is 8.17. The monoisotopic (exact) mass is 430 g/mol. The number of ketones is 1. The average Bonchev–Trinajstić information content (AvgIpc) is 3.25. The van der Waals surface area contributed by atoms with Crippen LogP contribution >= 0.6 is 11.8 Å². The predicted molar refractivity (Wildman–Crippen MR) is 119 cm³/mol. The maximum Gasteiger partial charge on any atom is 0.285 e. The molecule has 0 aliphatic carbocycles. The van der Waals surface area contributed by atoms with E-state index >= 15 is 0 Å². The van der Waals surface area contributed by atoms with Crippen LogP contribution in [0.25, 0.3) is 11.5 Å². The van der Waals surface area contributed by atoms with E-state index in [9.17, 15) is 14.4 Å². The average molecular weight is 430 g/mol. The Bertz CT molecular complexity index is 1140. The van der Waals surface area contributed by atoms with Crippen molar-refractivity contribution in [2.45, 2.75) is 30.8 Å². The number of imide groups is 1. The van der Waals surface area contributed by atoms with Crippen LogP contribution in [0.5, 0.6) is 0 Å². The molecule has 8 heteroatoms. The second-order valence-electron chi connectivity index (χ2n) is 7.42. The third-order valence-electron chi connectivity index (χ3n) is 5.12. The molecule has 2 heterocycles. The van der Waals surface area contributed by atoms with Crippen molar-refractivity contribution in [2.24, 2.45) is 0 Å². The van der Waals surface area contributed by atoms with Crippen LogP contribution in [0.1, 0.15) is 33.8 Å². The van der Waals surface area contributed by atoms with Crippen molar-refractivity contribution in [1.29, 1.82) is 0 Å². The number of carbonyl (C=O) groups excluding carboxylic acids is 3. The molecule has 0 unspecified atom stereocenters. The number of amides is 2. The zero-order valence-corrected chi connectivity index (χ0v) is 17.7. The van der Waals surface area contributed by atoms with E-state index in [0.29, 0.717) is 30.1 Å². The maximum absolute atomic E-state index is 12.6. The molecule has 0 bridgehead atoms. The number of nitrogens with zero attached hydrogens (tertiary/aromatic N) is 1. The van der Waals surface area contributed by atoms with Crippen molar-refractivity contribution in [1.82, 2.24) is 10.3 Å². The summed E-state index contributed by atoms with van der Waals surface area (Å²) in [6.45, 7) is 1.85. The lowest BCUT2D eigenvalue weighted by Crippen LogP contribution is -2.39. The van der Waals surface area contributed by atoms with Gasteiger partial charge in [0.2, 0.25) is 11.8 Å². The summed E-state index contributed by atoms with van der Waals surface area (Å²) in [5.41, 5.74) is 3.00. The highest BCUT2D eigenvalue weighted by Gasteiger charge is 2.42. The van der Waals surface area contributed by atoms with E-state index in [2.05, 4.69) is 10.3 Å². The quantitative estimate of drug-likeness (QED) is 0.453. The number of hydrogen-bond donors (Lipinski definition) is 1. The van der Waals surface area contributed by atoms with Gasteiger partial charge in [0.25, 0.3) is 5.24 Å². The molecule has 1 aliphatic heterocycles. The normalized spacial score (nSPS) is 18.2. The van der Waals surface area contributed by atoms with Crippen LogP contribution < -0.4 is 5.32 Å². The van der Waals surface area contributed by atoms with Crippen LogP contribution in [-0.4, -0.2) is 34.4 Å². The molecule has 0 spiro atoms. The van der Waals surface area contributed by atoms with E-state index in [1.165, 1.54) is 0 Å². The van der Waals surface area contributed by atoms with Gasteiger partial charge >= 0.3 is 0 Å². The number of hydrogen-bond acceptors (Lipinski definition) is 6. The predicted octanol–water partition coefficient (Wildman–Crippen LogP) is 3.86. The molecule has 3 aromatic rings. The molecule has 2 radical (unpaired) electrons. The minimum absolute atomic E-state index is 0.0131. The Morgan fingerprint density at radius 1 is 1.13 bits per heavy atom. The maximum atomic E-state index is 12.6. The summed E-state index contributed by atoms with van der Waals surface area (Å²) < 4.78 is 4.43. The summed E-state index contributed by atoms with van der Waals surface area (Å²) in [4.78, 5) is 40.4. The largest absolute Gasteiger partial charge is 0.441 e. The zero-order chi connectivity index (χ0) is 22.0. The van der Waals surface area contributed by atoms with Gasteiger partial charge in [-0.3, -0.25) is 19.7 Å². The van der Waals surface area contributed by atoms with E-state index in [4.69, 9.17) is 12.3 Å². The molecule has 1 atom stereocenters. The fraction of sp³-hybridized carbons (Fsp3) is 0.217. The van der Waals surface area contributed by atoms with Gasteiger partial charge in [-0.15, -0.1) is 0 Å². The van der Waals surface area contributed by atoms with E-state index in [0.717, 1.165) is 28.6 Å². The van der Waals surface area contributed by atoms with Crippen LogP contribution in [-0.2, 0) is 17.6 Å². The van der Waals surface area contributed by atoms with Gasteiger partial charge in [-0.05, 0) is 31.0 Å². The van der Waals surface area contributed by atoms with Crippen LogP contribution in [0, 0.1) is 6.92 Å². The molecule has 1 fully saturated rings. The molecular formula is C23H19BN2O4S. The number of aromatic nitrogens is 1. The SMILES string of the molecule is [B][C@@]1(Cc2ccc(C(=O)CCc3nc(-c4ccccc4)oc3C)cc2)SC(=O)NC1=O. The highest BCUT2D eigenvalue weighted by Crippen LogP contribution is 2.32. The van der Waals surface area contributed by atoms with Crippen molar-refractivity contribution >= 4 is 36.5 Å². The van der Waals surface area contributed by atoms with Crippen molar-refractivity contribution in [3.63, 3.8) is 0 Å². The molecule has 1 aromatic heterocycles. The van der Waals surface area contributed by atoms with Gasteiger partial charge in [-0.1, -0.05) is 54.2 Å². The fourth-order valence-electron chi connectivity index (χ4n) is 3.40. The molecule has 1 saturated heterocycles. The van der Waals surface area contributed by atoms with Crippen LogP contribution in [0.3, 0.4) is 0 Å². The molecule has 2 aromatic carbocycles. The minimum Gasteiger partial charge on any atom is -0.441 e. The van der Waals surface area contributed by atoms with Crippen LogP contribution in [0.15, 0.2) is 59.0 Å². The lowest BCUT2D eigenvalue weighted by atomic mass is 9.80. The van der Waals surface area contributed by atoms with Crippen LogP contribution in [0.4, 0.5) is 4.79 Å². The summed E-state index contributed by atoms with van der Waals surface area (Å²) in [7, 11) is 6.04. The number of oxazole rings is 1. The van der Waals surface area contributed by atoms with Gasteiger partial charge in [0.1, 0.15) is 13.6 Å². The van der Waals surface area contributed by atoms with E-state index in [1.54, 1.807) is 24.3 Å². The second-order valence-corrected chi connectivity index (χ2v) is 8.72. The molecule has 6 nitrogen and oxygen atoms in total. The summed E-state index contributed by atoms with van der Waals surface area (Å²) in [6, 6.07) is 16.6. The van der Waals surface area contributed by atoms with Gasteiger partial charge in [-0.25, -0.2) is 4.98 Å². The summed E-state index contributed by atoms with van der Waals surface area (Å²) in [6.07, 6.45) is 0.978. The first-order valence-corrected chi connectivity index (χ1v) is 10.6. The molecular weight excluding hydrogens is 411 g/mol. The first kappa shape index (κ1) is 21.1. The highest BCUT2D eigenvalue weighted by atomic mass is 32.2. The number of benzene rings is 2. The molecule has 31 heavy (non-hydrogen) atoms. The summed E-state index contributed by atoms with van der Waals surface area (Å²) in [5.74, 6) is 0.742. The minimum atomic E-state index is -1.32. The number of Topliss-reactive ketones (excluding diaryl/α,β-unsaturated/α-hetero) is 1. The van der Waals surface area contributed by atoms with Crippen molar-refractivity contribution in [3.8, 4) is 11.5 Å². The number of thioether (sulfide) groups is 1. The van der Waals surface area contributed by atoms with E-state index < -0.39 is 15.8 Å². The third-order valence-corrected chi connectivity index (χ3v) is 6.10. The molecule has 2 amide bonds. The lowest BCUT2D eigenvalue weighted by Gasteiger charge is -2.18. The molecule has 1 aliphatic rings. The van der Waals surface area contributed by atoms with Gasteiger partial charge < -0.3 is 4.42 Å². The fourth-order valence-corrected chi connectivity index (χ4v) is 4.26. The smallest absolute Gasteiger partial charge is 0.285 e. The Kier molecular flexibility index (Phi) is 5.82. The van der Waals surface area contributed by atoms with Gasteiger partial charge in [-0.2, -0.15) is 0 Å².